The summed E-state index contributed by atoms with van der Waals surface area (Å²) in [7, 11) is 1.62. The Morgan fingerprint density at radius 1 is 1.09 bits per heavy atom. The third kappa shape index (κ3) is 3.34. The standard InChI is InChI=1S/C24H22N6O2/c1-15-7-6-8-17(13-15)14-25-30-22-20(24(31)29(11-12-32-3)16(2)26-22)21-23(30)28-19-10-5-4-9-18(19)27-21/h4-10,13-14H,11-12H2,1-3H3/p+1. The number of para-hydroxylation sites is 2. The van der Waals surface area contributed by atoms with Gasteiger partial charge in [0.05, 0.1) is 30.4 Å². The van der Waals surface area contributed by atoms with Crippen LogP contribution in [0.3, 0.4) is 0 Å². The van der Waals surface area contributed by atoms with Crippen LogP contribution in [0.5, 0.6) is 0 Å². The first-order valence-electron chi connectivity index (χ1n) is 10.4. The number of rotatable bonds is 5. The van der Waals surface area contributed by atoms with Gasteiger partial charge in [-0.1, -0.05) is 42.0 Å². The molecule has 0 unspecified atom stereocenters. The quantitative estimate of drug-likeness (QED) is 0.404. The summed E-state index contributed by atoms with van der Waals surface area (Å²) < 4.78 is 8.52. The van der Waals surface area contributed by atoms with E-state index in [0.29, 0.717) is 41.2 Å². The highest BCUT2D eigenvalue weighted by Gasteiger charge is 2.26. The molecule has 0 spiro atoms. The fraction of sp³-hybridized carbons (Fsp3) is 0.208. The fourth-order valence-corrected chi connectivity index (χ4v) is 3.91. The molecule has 0 atom stereocenters. The van der Waals surface area contributed by atoms with Crippen molar-refractivity contribution in [1.82, 2.24) is 19.2 Å². The zero-order valence-electron chi connectivity index (χ0n) is 18.2. The molecule has 2 aromatic carbocycles. The number of aromatic amines is 1. The average molecular weight is 427 g/mol. The van der Waals surface area contributed by atoms with Crippen molar-refractivity contribution in [3.05, 3.63) is 75.8 Å². The van der Waals surface area contributed by atoms with Gasteiger partial charge in [-0.2, -0.15) is 0 Å². The van der Waals surface area contributed by atoms with E-state index in [1.165, 1.54) is 0 Å². The first kappa shape index (κ1) is 20.0. The number of fused-ring (bicyclic) bond motifs is 4. The Morgan fingerprint density at radius 2 is 1.88 bits per heavy atom. The monoisotopic (exact) mass is 427 g/mol. The molecule has 8 nitrogen and oxygen atoms in total. The minimum absolute atomic E-state index is 0.146. The maximum Gasteiger partial charge on any atom is 0.323 e. The smallest absolute Gasteiger partial charge is 0.323 e. The summed E-state index contributed by atoms with van der Waals surface area (Å²) in [6.07, 6.45) is 1.77. The molecule has 3 heterocycles. The number of benzene rings is 2. The molecule has 0 aliphatic carbocycles. The van der Waals surface area contributed by atoms with Crippen LogP contribution in [0.2, 0.25) is 0 Å². The lowest BCUT2D eigenvalue weighted by atomic mass is 10.2. The van der Waals surface area contributed by atoms with Gasteiger partial charge in [-0.15, -0.1) is 9.78 Å². The van der Waals surface area contributed by atoms with Crippen LogP contribution in [0.4, 0.5) is 0 Å². The van der Waals surface area contributed by atoms with Gasteiger partial charge in [0.25, 0.3) is 5.65 Å². The molecule has 1 N–H and O–H groups in total. The lowest BCUT2D eigenvalue weighted by Gasteiger charge is -2.04. The number of nitrogens with zero attached hydrogens (tertiary/aromatic N) is 5. The normalized spacial score (nSPS) is 12.0. The van der Waals surface area contributed by atoms with E-state index in [2.05, 4.69) is 4.98 Å². The van der Waals surface area contributed by atoms with Crippen molar-refractivity contribution in [3.63, 3.8) is 0 Å². The minimum atomic E-state index is -0.146. The molecule has 32 heavy (non-hydrogen) atoms. The van der Waals surface area contributed by atoms with E-state index in [1.807, 2.05) is 62.4 Å². The lowest BCUT2D eigenvalue weighted by molar-refractivity contribution is -0.368. The Bertz CT molecular complexity index is 1560. The summed E-state index contributed by atoms with van der Waals surface area (Å²) in [5.74, 6) is 0.707. The second-order valence-electron chi connectivity index (χ2n) is 7.74. The van der Waals surface area contributed by atoms with E-state index < -0.39 is 0 Å². The zero-order valence-corrected chi connectivity index (χ0v) is 18.2. The van der Waals surface area contributed by atoms with E-state index in [1.54, 1.807) is 22.6 Å². The van der Waals surface area contributed by atoms with Crippen molar-refractivity contribution in [2.45, 2.75) is 20.4 Å². The van der Waals surface area contributed by atoms with E-state index in [-0.39, 0.29) is 5.56 Å². The molecule has 0 bridgehead atoms. The van der Waals surface area contributed by atoms with Gasteiger partial charge >= 0.3 is 5.56 Å². The van der Waals surface area contributed by atoms with Crippen molar-refractivity contribution in [3.8, 4) is 0 Å². The maximum absolute atomic E-state index is 13.5. The van der Waals surface area contributed by atoms with Crippen LogP contribution in [-0.4, -0.2) is 39.1 Å². The second-order valence-corrected chi connectivity index (χ2v) is 7.74. The second kappa shape index (κ2) is 7.97. The largest absolute Gasteiger partial charge is 0.381 e. The molecule has 5 rings (SSSR count). The van der Waals surface area contributed by atoms with Crippen LogP contribution in [0.1, 0.15) is 17.0 Å². The number of methoxy groups -OCH3 is 1. The van der Waals surface area contributed by atoms with Gasteiger partial charge in [0.1, 0.15) is 5.52 Å². The van der Waals surface area contributed by atoms with Crippen LogP contribution in [0.15, 0.2) is 58.4 Å². The predicted octanol–water partition coefficient (Wildman–Crippen LogP) is 2.86. The molecular formula is C24H23N6O2+. The van der Waals surface area contributed by atoms with Gasteiger partial charge in [0.2, 0.25) is 11.5 Å². The van der Waals surface area contributed by atoms with Crippen LogP contribution in [0, 0.1) is 13.8 Å². The Kier molecular flexibility index (Phi) is 4.99. The Balaban J connectivity index is 1.84. The van der Waals surface area contributed by atoms with Crippen LogP contribution in [0.25, 0.3) is 33.2 Å². The number of H-pyrrole nitrogens is 1. The molecular weight excluding hydrogens is 404 g/mol. The number of hydrogen-bond acceptors (Lipinski definition) is 5. The molecule has 0 aliphatic heterocycles. The third-order valence-corrected chi connectivity index (χ3v) is 5.48. The number of ether oxygens (including phenoxy) is 1. The van der Waals surface area contributed by atoms with Crippen molar-refractivity contribution in [1.29, 1.82) is 0 Å². The summed E-state index contributed by atoms with van der Waals surface area (Å²) in [6.45, 7) is 4.77. The number of aromatic nitrogens is 5. The van der Waals surface area contributed by atoms with Crippen LogP contribution in [-0.2, 0) is 11.3 Å². The van der Waals surface area contributed by atoms with Gasteiger partial charge < -0.3 is 4.74 Å². The molecule has 0 saturated carbocycles. The Hall–Kier alpha value is -3.91. The summed E-state index contributed by atoms with van der Waals surface area (Å²) in [5, 5.41) is 5.16. The molecule has 0 aliphatic rings. The molecule has 3 aromatic heterocycles. The number of hydrogen-bond donors (Lipinski definition) is 0. The number of nitrogens with one attached hydrogen (secondary N) is 1. The van der Waals surface area contributed by atoms with E-state index in [0.717, 1.165) is 22.2 Å². The highest BCUT2D eigenvalue weighted by Crippen LogP contribution is 2.24. The van der Waals surface area contributed by atoms with Crippen molar-refractivity contribution >= 4 is 39.4 Å². The summed E-state index contributed by atoms with van der Waals surface area (Å²) in [6, 6.07) is 15.7. The highest BCUT2D eigenvalue weighted by molar-refractivity contribution is 6.03. The minimum Gasteiger partial charge on any atom is -0.381 e. The van der Waals surface area contributed by atoms with Gasteiger partial charge in [0, 0.05) is 14.0 Å². The summed E-state index contributed by atoms with van der Waals surface area (Å²) in [4.78, 5) is 26.4. The fourth-order valence-electron chi connectivity index (χ4n) is 3.91. The highest BCUT2D eigenvalue weighted by atomic mass is 16.5. The van der Waals surface area contributed by atoms with E-state index in [9.17, 15) is 4.79 Å². The van der Waals surface area contributed by atoms with E-state index in [4.69, 9.17) is 19.8 Å². The van der Waals surface area contributed by atoms with Crippen molar-refractivity contribution in [2.24, 2.45) is 5.10 Å². The SMILES string of the molecule is COCCn1c(C)[nH+]c2c(c1=O)c1nc3ccccc3nc1n2N=Cc1cccc(C)c1. The molecule has 0 saturated heterocycles. The first-order chi connectivity index (χ1) is 15.6. The first-order valence-corrected chi connectivity index (χ1v) is 10.4. The molecule has 5 aromatic rings. The van der Waals surface area contributed by atoms with Gasteiger partial charge in [-0.3, -0.25) is 0 Å². The Labute approximate surface area is 183 Å². The molecule has 0 fully saturated rings. The molecule has 0 radical (unpaired) electrons. The topological polar surface area (TPSA) is 88.4 Å². The predicted molar refractivity (Wildman–Crippen MR) is 124 cm³/mol. The zero-order chi connectivity index (χ0) is 22.2. The average Bonchev–Trinajstić information content (AvgIpc) is 3.08. The summed E-state index contributed by atoms with van der Waals surface area (Å²) in [5.41, 5.74) is 5.04. The van der Waals surface area contributed by atoms with Crippen molar-refractivity contribution in [2.75, 3.05) is 13.7 Å². The van der Waals surface area contributed by atoms with Gasteiger partial charge in [-0.25, -0.2) is 24.3 Å². The van der Waals surface area contributed by atoms with Crippen LogP contribution < -0.4 is 10.5 Å². The molecule has 8 heteroatoms. The maximum atomic E-state index is 13.5. The molecule has 160 valence electrons. The lowest BCUT2D eigenvalue weighted by Crippen LogP contribution is -2.32. The summed E-state index contributed by atoms with van der Waals surface area (Å²) >= 11 is 0. The third-order valence-electron chi connectivity index (χ3n) is 5.48. The van der Waals surface area contributed by atoms with Gasteiger partial charge in [0.15, 0.2) is 5.39 Å². The Morgan fingerprint density at radius 3 is 2.62 bits per heavy atom. The van der Waals surface area contributed by atoms with Crippen LogP contribution >= 0.6 is 0 Å². The molecule has 0 amide bonds. The van der Waals surface area contributed by atoms with Crippen molar-refractivity contribution < 1.29 is 9.72 Å². The number of aryl methyl sites for hydroxylation is 2. The van der Waals surface area contributed by atoms with E-state index >= 15 is 0 Å². The van der Waals surface area contributed by atoms with Gasteiger partial charge in [-0.05, 0) is 24.6 Å².